The van der Waals surface area contributed by atoms with Crippen molar-refractivity contribution in [1.29, 1.82) is 5.41 Å². The van der Waals surface area contributed by atoms with Gasteiger partial charge in [0, 0.05) is 11.1 Å². The molecule has 0 atom stereocenters. The molecule has 0 saturated carbocycles. The number of nitrogen functional groups attached to an aromatic ring is 1. The molecule has 0 aliphatic rings. The van der Waals surface area contributed by atoms with E-state index in [0.29, 0.717) is 10.9 Å². The summed E-state index contributed by atoms with van der Waals surface area (Å²) in [6, 6.07) is 0. The van der Waals surface area contributed by atoms with Gasteiger partial charge in [-0.05, 0) is 0 Å². The number of nitrogens with one attached hydrogen (secondary N) is 1. The van der Waals surface area contributed by atoms with Gasteiger partial charge in [0.15, 0.2) is 10.3 Å². The number of nitrogens with zero attached hydrogens (tertiary/aromatic N) is 1. The lowest BCUT2D eigenvalue weighted by atomic mass is 10.6. The summed E-state index contributed by atoms with van der Waals surface area (Å²) in [6.45, 7) is 0. The molecule has 0 aliphatic carbocycles. The van der Waals surface area contributed by atoms with E-state index in [1.54, 1.807) is 0 Å². The lowest BCUT2D eigenvalue weighted by molar-refractivity contribution is 1.24. The molecule has 1 rings (SSSR count). The number of amidine groups is 1. The third kappa shape index (κ3) is 3.80. The van der Waals surface area contributed by atoms with Crippen LogP contribution < -0.4 is 11.5 Å². The molecule has 7 heteroatoms. The fourth-order valence-electron chi connectivity index (χ4n) is 0.541. The van der Waals surface area contributed by atoms with Crippen molar-refractivity contribution in [3.8, 4) is 0 Å². The van der Waals surface area contributed by atoms with Crippen LogP contribution >= 0.6 is 35.5 Å². The molecule has 0 unspecified atom stereocenters. The minimum Gasteiger partial charge on any atom is -0.379 e. The van der Waals surface area contributed by atoms with E-state index in [-0.39, 0.29) is 17.6 Å². The van der Waals surface area contributed by atoms with E-state index in [9.17, 15) is 0 Å². The van der Waals surface area contributed by atoms with Crippen molar-refractivity contribution in [1.82, 2.24) is 4.98 Å². The topological polar surface area (TPSA) is 88.8 Å². The first kappa shape index (κ1) is 11.5. The minimum atomic E-state index is 0. The summed E-state index contributed by atoms with van der Waals surface area (Å²) in [7, 11) is 0. The smallest absolute Gasteiger partial charge is 0.180 e. The predicted octanol–water partition coefficient (Wildman–Crippen LogP) is 1.27. The van der Waals surface area contributed by atoms with Crippen molar-refractivity contribution >= 4 is 45.8 Å². The van der Waals surface area contributed by atoms with E-state index in [1.165, 1.54) is 23.1 Å². The summed E-state index contributed by atoms with van der Waals surface area (Å²) < 4.78 is 0. The molecule has 0 aromatic carbocycles. The predicted molar refractivity (Wildman–Crippen MR) is 57.0 cm³/mol. The summed E-state index contributed by atoms with van der Waals surface area (Å²) in [5, 5.41) is 9.47. The van der Waals surface area contributed by atoms with E-state index >= 15 is 0 Å². The van der Waals surface area contributed by atoms with E-state index in [4.69, 9.17) is 16.9 Å². The molecule has 0 radical (unpaired) electrons. The number of thiazole rings is 1. The minimum absolute atomic E-state index is 0. The van der Waals surface area contributed by atoms with Crippen molar-refractivity contribution in [3.05, 3.63) is 11.1 Å². The molecule has 1 aromatic rings. The van der Waals surface area contributed by atoms with Gasteiger partial charge in [0.1, 0.15) is 0 Å². The molecule has 0 saturated heterocycles. The molecule has 0 bridgehead atoms. The normalized spacial score (nSPS) is 9.00. The van der Waals surface area contributed by atoms with Gasteiger partial charge in [-0.15, -0.1) is 23.7 Å². The van der Waals surface area contributed by atoms with Gasteiger partial charge in [0.25, 0.3) is 0 Å². The molecule has 12 heavy (non-hydrogen) atoms. The summed E-state index contributed by atoms with van der Waals surface area (Å²) in [5.74, 6) is 0.628. The van der Waals surface area contributed by atoms with Gasteiger partial charge in [0.2, 0.25) is 0 Å². The number of rotatable bonds is 2. The van der Waals surface area contributed by atoms with Crippen LogP contribution in [0.1, 0.15) is 5.69 Å². The zero-order valence-corrected chi connectivity index (χ0v) is 8.56. The number of aromatic nitrogens is 1. The van der Waals surface area contributed by atoms with Gasteiger partial charge in [0.05, 0.1) is 5.69 Å². The zero-order chi connectivity index (χ0) is 8.27. The first-order chi connectivity index (χ1) is 5.18. The first-order valence-electron chi connectivity index (χ1n) is 2.85. The molecule has 68 valence electrons. The Morgan fingerprint density at radius 1 is 1.75 bits per heavy atom. The molecule has 0 fully saturated rings. The highest BCUT2D eigenvalue weighted by Gasteiger charge is 1.99. The number of thioether (sulfide) groups is 1. The number of anilines is 1. The average Bonchev–Trinajstić information content (AvgIpc) is 2.31. The van der Waals surface area contributed by atoms with Crippen molar-refractivity contribution < 1.29 is 0 Å². The maximum absolute atomic E-state index is 6.94. The van der Waals surface area contributed by atoms with Crippen LogP contribution in [0.15, 0.2) is 5.38 Å². The van der Waals surface area contributed by atoms with E-state index in [1.807, 2.05) is 5.38 Å². The van der Waals surface area contributed by atoms with E-state index < -0.39 is 0 Å². The lowest BCUT2D eigenvalue weighted by Gasteiger charge is -1.92. The maximum Gasteiger partial charge on any atom is 0.180 e. The van der Waals surface area contributed by atoms with Gasteiger partial charge in [-0.1, -0.05) is 11.8 Å². The Labute approximate surface area is 84.7 Å². The molecule has 1 heterocycles. The Bertz CT molecular complexity index is 262. The second kappa shape index (κ2) is 5.23. The van der Waals surface area contributed by atoms with Gasteiger partial charge < -0.3 is 11.5 Å². The van der Waals surface area contributed by atoms with Crippen LogP contribution in [0.5, 0.6) is 0 Å². The Morgan fingerprint density at radius 3 is 2.83 bits per heavy atom. The van der Waals surface area contributed by atoms with Crippen LogP contribution in [0.25, 0.3) is 0 Å². The quantitative estimate of drug-likeness (QED) is 0.522. The highest BCUT2D eigenvalue weighted by molar-refractivity contribution is 8.13. The molecular weight excluding hydrogens is 216 g/mol. The summed E-state index contributed by atoms with van der Waals surface area (Å²) in [4.78, 5) is 4.01. The number of hydrogen-bond donors (Lipinski definition) is 3. The van der Waals surface area contributed by atoms with Crippen LogP contribution in [0.3, 0.4) is 0 Å². The molecule has 5 N–H and O–H groups in total. The molecule has 1 aromatic heterocycles. The fourth-order valence-corrected chi connectivity index (χ4v) is 1.66. The van der Waals surface area contributed by atoms with E-state index in [2.05, 4.69) is 4.98 Å². The monoisotopic (exact) mass is 224 g/mol. The van der Waals surface area contributed by atoms with Crippen molar-refractivity contribution in [2.75, 3.05) is 5.73 Å². The first-order valence-corrected chi connectivity index (χ1v) is 4.71. The van der Waals surface area contributed by atoms with Crippen LogP contribution in [0, 0.1) is 5.41 Å². The molecule has 4 nitrogen and oxygen atoms in total. The Morgan fingerprint density at radius 2 is 2.42 bits per heavy atom. The number of nitrogens with two attached hydrogens (primary N) is 2. The largest absolute Gasteiger partial charge is 0.379 e. The lowest BCUT2D eigenvalue weighted by Crippen LogP contribution is -2.03. The van der Waals surface area contributed by atoms with Crippen LogP contribution in [0.4, 0.5) is 5.13 Å². The molecular formula is C5H9ClN4S2. The van der Waals surface area contributed by atoms with Crippen LogP contribution in [0.2, 0.25) is 0 Å². The second-order valence-electron chi connectivity index (χ2n) is 1.83. The third-order valence-electron chi connectivity index (χ3n) is 0.945. The van der Waals surface area contributed by atoms with Gasteiger partial charge >= 0.3 is 0 Å². The summed E-state index contributed by atoms with van der Waals surface area (Å²) >= 11 is 2.65. The molecule has 0 aliphatic heterocycles. The number of halogens is 1. The Hall–Kier alpha value is -0.460. The number of hydrogen-bond acceptors (Lipinski definition) is 5. The molecule has 0 spiro atoms. The highest BCUT2D eigenvalue weighted by atomic mass is 35.5. The third-order valence-corrected chi connectivity index (χ3v) is 2.42. The highest BCUT2D eigenvalue weighted by Crippen LogP contribution is 2.16. The van der Waals surface area contributed by atoms with Crippen molar-refractivity contribution in [2.24, 2.45) is 5.73 Å². The fraction of sp³-hybridized carbons (Fsp3) is 0.200. The summed E-state index contributed by atoms with van der Waals surface area (Å²) in [6.07, 6.45) is 0. The van der Waals surface area contributed by atoms with Gasteiger partial charge in [-0.3, -0.25) is 5.41 Å². The van der Waals surface area contributed by atoms with Gasteiger partial charge in [-0.2, -0.15) is 0 Å². The van der Waals surface area contributed by atoms with Crippen LogP contribution in [-0.2, 0) is 5.75 Å². The Balaban J connectivity index is 0.00000121. The zero-order valence-electron chi connectivity index (χ0n) is 6.11. The molecule has 0 amide bonds. The Kier molecular flexibility index (Phi) is 5.03. The van der Waals surface area contributed by atoms with Gasteiger partial charge in [-0.25, -0.2) is 4.98 Å². The SMILES string of the molecule is Cl.N=C(N)SCc1csc(N)n1. The van der Waals surface area contributed by atoms with Crippen molar-refractivity contribution in [3.63, 3.8) is 0 Å². The standard InChI is InChI=1S/C5H8N4S2.ClH/c6-4(7)10-1-3-2-11-5(8)9-3;/h2H,1H2,(H3,6,7)(H2,8,9);1H. The maximum atomic E-state index is 6.94. The van der Waals surface area contributed by atoms with Crippen LogP contribution in [-0.4, -0.2) is 10.2 Å². The van der Waals surface area contributed by atoms with E-state index in [0.717, 1.165) is 5.69 Å². The second-order valence-corrected chi connectivity index (χ2v) is 3.74. The average molecular weight is 225 g/mol. The summed E-state index contributed by atoms with van der Waals surface area (Å²) in [5.41, 5.74) is 11.4. The van der Waals surface area contributed by atoms with Crippen molar-refractivity contribution in [2.45, 2.75) is 5.75 Å².